The van der Waals surface area contributed by atoms with Crippen molar-refractivity contribution in [2.75, 3.05) is 13.6 Å². The number of imidazole rings is 1. The van der Waals surface area contributed by atoms with E-state index in [-0.39, 0.29) is 5.69 Å². The van der Waals surface area contributed by atoms with Gasteiger partial charge in [-0.25, -0.2) is 9.78 Å². The van der Waals surface area contributed by atoms with Crippen LogP contribution in [0.2, 0.25) is 0 Å². The van der Waals surface area contributed by atoms with Crippen LogP contribution in [0.15, 0.2) is 22.8 Å². The average molecular weight is 298 g/mol. The Labute approximate surface area is 107 Å². The minimum atomic E-state index is -1.01. The van der Waals surface area contributed by atoms with Gasteiger partial charge in [-0.2, -0.15) is 0 Å². The molecule has 2 rings (SSSR count). The maximum atomic E-state index is 11.1. The number of fused-ring (bicyclic) bond motifs is 1. The molecule has 5 nitrogen and oxygen atoms in total. The van der Waals surface area contributed by atoms with E-state index in [0.29, 0.717) is 11.9 Å². The number of aromatic nitrogens is 2. The summed E-state index contributed by atoms with van der Waals surface area (Å²) in [6.07, 6.45) is 2.51. The quantitative estimate of drug-likeness (QED) is 0.899. The summed E-state index contributed by atoms with van der Waals surface area (Å²) in [7, 11) is 1.85. The van der Waals surface area contributed by atoms with E-state index in [2.05, 4.69) is 26.2 Å². The molecule has 6 heteroatoms. The molecule has 0 spiro atoms. The molecule has 0 atom stereocenters. The first-order valence-electron chi connectivity index (χ1n) is 5.18. The second-order valence-electron chi connectivity index (χ2n) is 3.61. The Morgan fingerprint density at radius 2 is 2.41 bits per heavy atom. The van der Waals surface area contributed by atoms with Crippen molar-refractivity contribution in [3.63, 3.8) is 0 Å². The molecule has 0 bridgehead atoms. The molecule has 0 saturated carbocycles. The molecule has 0 amide bonds. The van der Waals surface area contributed by atoms with Crippen molar-refractivity contribution in [2.45, 2.75) is 6.42 Å². The minimum Gasteiger partial charge on any atom is -0.476 e. The number of halogens is 1. The standard InChI is InChI=1S/C11H12BrN3O2/c1-13-5-4-8-14-9(11(16)17)10-7(12)3-2-6-15(8)10/h2-3,6,13H,4-5H2,1H3,(H,16,17). The number of rotatable bonds is 4. The van der Waals surface area contributed by atoms with Crippen LogP contribution in [0.25, 0.3) is 5.52 Å². The molecule has 0 radical (unpaired) electrons. The van der Waals surface area contributed by atoms with Gasteiger partial charge >= 0.3 is 5.97 Å². The predicted octanol–water partition coefficient (Wildman–Crippen LogP) is 1.56. The van der Waals surface area contributed by atoms with E-state index in [1.165, 1.54) is 0 Å². The molecule has 2 N–H and O–H groups in total. The van der Waals surface area contributed by atoms with Crippen molar-refractivity contribution in [2.24, 2.45) is 0 Å². The molecule has 0 saturated heterocycles. The van der Waals surface area contributed by atoms with E-state index in [1.807, 2.05) is 29.8 Å². The Morgan fingerprint density at radius 1 is 1.65 bits per heavy atom. The molecule has 2 aromatic heterocycles. The number of nitrogens with zero attached hydrogens (tertiary/aromatic N) is 2. The molecule has 0 aliphatic heterocycles. The second-order valence-corrected chi connectivity index (χ2v) is 4.46. The van der Waals surface area contributed by atoms with Crippen LogP contribution in [0.1, 0.15) is 16.3 Å². The van der Waals surface area contributed by atoms with Gasteiger partial charge in [-0.05, 0) is 35.1 Å². The third-order valence-corrected chi connectivity index (χ3v) is 3.13. The molecule has 17 heavy (non-hydrogen) atoms. The van der Waals surface area contributed by atoms with E-state index in [9.17, 15) is 4.79 Å². The second kappa shape index (κ2) is 4.85. The predicted molar refractivity (Wildman–Crippen MR) is 67.5 cm³/mol. The fourth-order valence-electron chi connectivity index (χ4n) is 1.72. The number of nitrogens with one attached hydrogen (secondary N) is 1. The van der Waals surface area contributed by atoms with Gasteiger partial charge in [0.15, 0.2) is 5.69 Å². The highest BCUT2D eigenvalue weighted by atomic mass is 79.9. The highest BCUT2D eigenvalue weighted by molar-refractivity contribution is 9.10. The van der Waals surface area contributed by atoms with Crippen LogP contribution in [0.5, 0.6) is 0 Å². The third-order valence-electron chi connectivity index (χ3n) is 2.49. The summed E-state index contributed by atoms with van der Waals surface area (Å²) in [6, 6.07) is 3.67. The molecule has 0 aliphatic rings. The van der Waals surface area contributed by atoms with E-state index in [4.69, 9.17) is 5.11 Å². The van der Waals surface area contributed by atoms with Crippen LogP contribution >= 0.6 is 15.9 Å². The number of likely N-dealkylation sites (N-methyl/N-ethyl adjacent to an activating group) is 1. The number of pyridine rings is 1. The zero-order valence-electron chi connectivity index (χ0n) is 9.27. The van der Waals surface area contributed by atoms with Crippen molar-refractivity contribution in [3.05, 3.63) is 34.3 Å². The largest absolute Gasteiger partial charge is 0.476 e. The van der Waals surface area contributed by atoms with Crippen LogP contribution < -0.4 is 5.32 Å². The minimum absolute atomic E-state index is 0.0866. The highest BCUT2D eigenvalue weighted by Gasteiger charge is 2.18. The van der Waals surface area contributed by atoms with Gasteiger partial charge < -0.3 is 14.8 Å². The van der Waals surface area contributed by atoms with Gasteiger partial charge in [-0.1, -0.05) is 0 Å². The first kappa shape index (κ1) is 12.1. The lowest BCUT2D eigenvalue weighted by Gasteiger charge is -2.01. The normalized spacial score (nSPS) is 10.9. The zero-order valence-corrected chi connectivity index (χ0v) is 10.9. The van der Waals surface area contributed by atoms with Crippen LogP contribution in [-0.2, 0) is 6.42 Å². The van der Waals surface area contributed by atoms with Crippen LogP contribution in [0.3, 0.4) is 0 Å². The summed E-state index contributed by atoms with van der Waals surface area (Å²) in [4.78, 5) is 15.3. The van der Waals surface area contributed by atoms with E-state index in [0.717, 1.165) is 16.8 Å². The summed E-state index contributed by atoms with van der Waals surface area (Å²) >= 11 is 3.36. The summed E-state index contributed by atoms with van der Waals surface area (Å²) in [5.74, 6) is -0.266. The van der Waals surface area contributed by atoms with E-state index >= 15 is 0 Å². The maximum absolute atomic E-state index is 11.1. The third kappa shape index (κ3) is 2.18. The Hall–Kier alpha value is -1.40. The molecule has 0 aliphatic carbocycles. The number of carboxylic acid groups (broad SMARTS) is 1. The number of hydrogen-bond acceptors (Lipinski definition) is 3. The molecule has 0 aromatic carbocycles. The van der Waals surface area contributed by atoms with Gasteiger partial charge in [0.2, 0.25) is 0 Å². The first-order chi connectivity index (χ1) is 8.15. The van der Waals surface area contributed by atoms with Crippen molar-refractivity contribution in [3.8, 4) is 0 Å². The van der Waals surface area contributed by atoms with Gasteiger partial charge in [-0.15, -0.1) is 0 Å². The fraction of sp³-hybridized carbons (Fsp3) is 0.273. The Kier molecular flexibility index (Phi) is 3.44. The molecular formula is C11H12BrN3O2. The van der Waals surface area contributed by atoms with Gasteiger partial charge in [0.1, 0.15) is 5.82 Å². The van der Waals surface area contributed by atoms with Crippen molar-refractivity contribution >= 4 is 27.4 Å². The monoisotopic (exact) mass is 297 g/mol. The Morgan fingerprint density at radius 3 is 3.06 bits per heavy atom. The lowest BCUT2D eigenvalue weighted by Crippen LogP contribution is -2.12. The Bertz CT molecular complexity index is 565. The highest BCUT2D eigenvalue weighted by Crippen LogP contribution is 2.23. The Balaban J connectivity index is 2.62. The molecule has 0 unspecified atom stereocenters. The number of carbonyl (C=O) groups is 1. The molecule has 90 valence electrons. The van der Waals surface area contributed by atoms with Gasteiger partial charge in [0.25, 0.3) is 0 Å². The molecular weight excluding hydrogens is 286 g/mol. The molecule has 2 aromatic rings. The number of aromatic carboxylic acids is 1. The summed E-state index contributed by atoms with van der Waals surface area (Å²) in [5, 5.41) is 12.2. The molecule has 0 fully saturated rings. The lowest BCUT2D eigenvalue weighted by molar-refractivity contribution is 0.0693. The first-order valence-corrected chi connectivity index (χ1v) is 5.97. The van der Waals surface area contributed by atoms with Gasteiger partial charge in [0.05, 0.1) is 5.52 Å². The maximum Gasteiger partial charge on any atom is 0.356 e. The number of hydrogen-bond donors (Lipinski definition) is 2. The lowest BCUT2D eigenvalue weighted by atomic mass is 10.3. The SMILES string of the molecule is CNCCc1nc(C(=O)O)c2c(Br)cccn12. The summed E-state index contributed by atoms with van der Waals surface area (Å²) in [6.45, 7) is 0.755. The van der Waals surface area contributed by atoms with Crippen molar-refractivity contribution in [1.82, 2.24) is 14.7 Å². The van der Waals surface area contributed by atoms with Gasteiger partial charge in [0, 0.05) is 23.6 Å². The van der Waals surface area contributed by atoms with Gasteiger partial charge in [-0.3, -0.25) is 0 Å². The van der Waals surface area contributed by atoms with Crippen LogP contribution in [0.4, 0.5) is 0 Å². The zero-order chi connectivity index (χ0) is 12.4. The smallest absolute Gasteiger partial charge is 0.356 e. The number of carboxylic acids is 1. The van der Waals surface area contributed by atoms with Crippen LogP contribution in [-0.4, -0.2) is 34.1 Å². The average Bonchev–Trinajstić information content (AvgIpc) is 2.67. The summed E-state index contributed by atoms with van der Waals surface area (Å²) in [5.41, 5.74) is 0.690. The topological polar surface area (TPSA) is 66.6 Å². The van der Waals surface area contributed by atoms with Crippen LogP contribution in [0, 0.1) is 0 Å². The van der Waals surface area contributed by atoms with E-state index < -0.39 is 5.97 Å². The summed E-state index contributed by atoms with van der Waals surface area (Å²) < 4.78 is 2.55. The van der Waals surface area contributed by atoms with Crippen molar-refractivity contribution < 1.29 is 9.90 Å². The fourth-order valence-corrected chi connectivity index (χ4v) is 2.25. The van der Waals surface area contributed by atoms with E-state index in [1.54, 1.807) is 0 Å². The van der Waals surface area contributed by atoms with Crippen molar-refractivity contribution in [1.29, 1.82) is 0 Å². The molecule has 2 heterocycles.